The van der Waals surface area contributed by atoms with Gasteiger partial charge in [-0.05, 0) is 19.4 Å². The molecule has 1 aromatic heterocycles. The molecule has 5 heteroatoms. The monoisotopic (exact) mass is 258 g/mol. The van der Waals surface area contributed by atoms with E-state index in [2.05, 4.69) is 28.7 Å². The van der Waals surface area contributed by atoms with Crippen molar-refractivity contribution in [1.29, 1.82) is 0 Å². The zero-order valence-electron chi connectivity index (χ0n) is 10.4. The number of aromatic nitrogens is 2. The second-order valence-electron chi connectivity index (χ2n) is 4.33. The van der Waals surface area contributed by atoms with E-state index in [0.717, 1.165) is 40.5 Å². The van der Waals surface area contributed by atoms with Gasteiger partial charge in [0.1, 0.15) is 23.9 Å². The number of nitrogens with zero attached hydrogens (tertiary/aromatic N) is 4. The molecular weight excluding hydrogens is 244 g/mol. The third kappa shape index (κ3) is 1.50. The number of likely N-dealkylation sites (N-methyl/N-ethyl adjacent to an activating group) is 1. The number of hydrogen-bond donors (Lipinski definition) is 0. The SMILES string of the molecule is CCC1N=C2C(=CC(=S)c3cncnc32)N1CC. The molecule has 0 aromatic carbocycles. The zero-order valence-corrected chi connectivity index (χ0v) is 11.2. The topological polar surface area (TPSA) is 41.4 Å². The van der Waals surface area contributed by atoms with E-state index in [9.17, 15) is 0 Å². The lowest BCUT2D eigenvalue weighted by atomic mass is 9.99. The number of hydrogen-bond acceptors (Lipinski definition) is 5. The maximum atomic E-state index is 5.42. The van der Waals surface area contributed by atoms with Crippen LogP contribution in [-0.4, -0.2) is 38.2 Å². The van der Waals surface area contributed by atoms with Crippen molar-refractivity contribution in [3.63, 3.8) is 0 Å². The lowest BCUT2D eigenvalue weighted by Crippen LogP contribution is -2.31. The van der Waals surface area contributed by atoms with E-state index < -0.39 is 0 Å². The zero-order chi connectivity index (χ0) is 12.7. The van der Waals surface area contributed by atoms with Crippen molar-refractivity contribution >= 4 is 22.8 Å². The normalized spacial score (nSPS) is 21.3. The Labute approximate surface area is 111 Å². The molecule has 2 heterocycles. The molecule has 0 bridgehead atoms. The summed E-state index contributed by atoms with van der Waals surface area (Å²) in [4.78, 5) is 16.3. The molecule has 0 saturated heterocycles. The second kappa shape index (κ2) is 4.24. The molecule has 0 saturated carbocycles. The Morgan fingerprint density at radius 3 is 2.94 bits per heavy atom. The maximum Gasteiger partial charge on any atom is 0.121 e. The molecule has 0 fully saturated rings. The van der Waals surface area contributed by atoms with Gasteiger partial charge in [-0.15, -0.1) is 0 Å². The van der Waals surface area contributed by atoms with Crippen LogP contribution in [-0.2, 0) is 0 Å². The summed E-state index contributed by atoms with van der Waals surface area (Å²) in [6.45, 7) is 5.22. The van der Waals surface area contributed by atoms with Gasteiger partial charge in [0.2, 0.25) is 0 Å². The van der Waals surface area contributed by atoms with Crippen molar-refractivity contribution in [3.05, 3.63) is 35.6 Å². The average molecular weight is 258 g/mol. The quantitative estimate of drug-likeness (QED) is 0.760. The Balaban J connectivity index is 2.17. The van der Waals surface area contributed by atoms with Crippen LogP contribution in [0.3, 0.4) is 0 Å². The predicted octanol–water partition coefficient (Wildman–Crippen LogP) is 1.95. The van der Waals surface area contributed by atoms with Crippen LogP contribution in [0.25, 0.3) is 0 Å². The summed E-state index contributed by atoms with van der Waals surface area (Å²) < 4.78 is 0. The summed E-state index contributed by atoms with van der Waals surface area (Å²) in [5.41, 5.74) is 3.87. The number of allylic oxidation sites excluding steroid dienone is 2. The first kappa shape index (κ1) is 11.5. The Hall–Kier alpha value is -1.62. The lowest BCUT2D eigenvalue weighted by molar-refractivity contribution is 0.296. The Morgan fingerprint density at radius 2 is 2.22 bits per heavy atom. The van der Waals surface area contributed by atoms with E-state index in [0.29, 0.717) is 0 Å². The molecule has 92 valence electrons. The number of fused-ring (bicyclic) bond motifs is 3. The standard InChI is InChI=1S/C13H14N4S/c1-3-11-16-13-9(17(11)4-2)5-10(18)8-6-14-7-15-12(8)13/h5-7,11H,3-4H2,1-2H3. The fraction of sp³-hybridized carbons (Fsp3) is 0.385. The first-order valence-electron chi connectivity index (χ1n) is 6.17. The van der Waals surface area contributed by atoms with Crippen LogP contribution in [0.15, 0.2) is 29.3 Å². The molecule has 0 spiro atoms. The first-order chi connectivity index (χ1) is 8.76. The molecule has 1 unspecified atom stereocenters. The van der Waals surface area contributed by atoms with Gasteiger partial charge in [0.25, 0.3) is 0 Å². The van der Waals surface area contributed by atoms with E-state index >= 15 is 0 Å². The molecule has 0 radical (unpaired) electrons. The lowest BCUT2D eigenvalue weighted by Gasteiger charge is -2.26. The summed E-state index contributed by atoms with van der Waals surface area (Å²) in [6.07, 6.45) is 6.55. The minimum absolute atomic E-state index is 0.208. The van der Waals surface area contributed by atoms with Gasteiger partial charge in [0.05, 0.1) is 10.6 Å². The summed E-state index contributed by atoms with van der Waals surface area (Å²) in [5, 5.41) is 0. The van der Waals surface area contributed by atoms with Crippen LogP contribution >= 0.6 is 12.2 Å². The van der Waals surface area contributed by atoms with E-state index in [4.69, 9.17) is 17.2 Å². The third-order valence-corrected chi connectivity index (χ3v) is 3.70. The smallest absolute Gasteiger partial charge is 0.121 e. The molecule has 3 rings (SSSR count). The van der Waals surface area contributed by atoms with E-state index in [-0.39, 0.29) is 6.17 Å². The molecule has 1 aliphatic carbocycles. The van der Waals surface area contributed by atoms with Gasteiger partial charge >= 0.3 is 0 Å². The second-order valence-corrected chi connectivity index (χ2v) is 4.77. The highest BCUT2D eigenvalue weighted by molar-refractivity contribution is 7.81. The van der Waals surface area contributed by atoms with Crippen molar-refractivity contribution in [2.75, 3.05) is 6.54 Å². The highest BCUT2D eigenvalue weighted by Crippen LogP contribution is 2.30. The van der Waals surface area contributed by atoms with Crippen LogP contribution in [0.5, 0.6) is 0 Å². The van der Waals surface area contributed by atoms with Gasteiger partial charge in [-0.25, -0.2) is 9.97 Å². The molecule has 4 nitrogen and oxygen atoms in total. The van der Waals surface area contributed by atoms with Crippen LogP contribution in [0.4, 0.5) is 0 Å². The van der Waals surface area contributed by atoms with Crippen molar-refractivity contribution in [1.82, 2.24) is 14.9 Å². The molecule has 18 heavy (non-hydrogen) atoms. The summed E-state index contributed by atoms with van der Waals surface area (Å²) in [7, 11) is 0. The van der Waals surface area contributed by atoms with E-state index in [1.54, 1.807) is 12.5 Å². The summed E-state index contributed by atoms with van der Waals surface area (Å²) in [6, 6.07) is 0. The van der Waals surface area contributed by atoms with Crippen molar-refractivity contribution in [2.45, 2.75) is 26.4 Å². The van der Waals surface area contributed by atoms with Gasteiger partial charge in [-0.3, -0.25) is 4.99 Å². The minimum atomic E-state index is 0.208. The molecule has 0 amide bonds. The van der Waals surface area contributed by atoms with E-state index in [1.807, 2.05) is 6.08 Å². The van der Waals surface area contributed by atoms with Gasteiger partial charge < -0.3 is 4.90 Å². The van der Waals surface area contributed by atoms with Gasteiger partial charge in [-0.2, -0.15) is 0 Å². The summed E-state index contributed by atoms with van der Waals surface area (Å²) >= 11 is 5.42. The molecule has 1 aliphatic heterocycles. The number of thiocarbonyl (C=S) groups is 1. The van der Waals surface area contributed by atoms with Crippen LogP contribution in [0, 0.1) is 0 Å². The molecule has 2 aliphatic rings. The third-order valence-electron chi connectivity index (χ3n) is 3.37. The molecule has 1 aromatic rings. The van der Waals surface area contributed by atoms with Crippen LogP contribution in [0.1, 0.15) is 31.5 Å². The van der Waals surface area contributed by atoms with Gasteiger partial charge in [-0.1, -0.05) is 19.1 Å². The Morgan fingerprint density at radius 1 is 1.39 bits per heavy atom. The fourth-order valence-electron chi connectivity index (χ4n) is 2.51. The van der Waals surface area contributed by atoms with Crippen molar-refractivity contribution in [3.8, 4) is 0 Å². The van der Waals surface area contributed by atoms with Crippen molar-refractivity contribution < 1.29 is 0 Å². The molecular formula is C13H14N4S. The van der Waals surface area contributed by atoms with E-state index in [1.165, 1.54) is 0 Å². The van der Waals surface area contributed by atoms with Gasteiger partial charge in [0.15, 0.2) is 0 Å². The summed E-state index contributed by atoms with van der Waals surface area (Å²) in [5.74, 6) is 0. The minimum Gasteiger partial charge on any atom is -0.348 e. The Bertz CT molecular complexity index is 576. The maximum absolute atomic E-state index is 5.42. The first-order valence-corrected chi connectivity index (χ1v) is 6.58. The molecule has 0 N–H and O–H groups in total. The highest BCUT2D eigenvalue weighted by Gasteiger charge is 2.34. The van der Waals surface area contributed by atoms with Crippen LogP contribution < -0.4 is 0 Å². The van der Waals surface area contributed by atoms with Crippen LogP contribution in [0.2, 0.25) is 0 Å². The largest absolute Gasteiger partial charge is 0.348 e. The van der Waals surface area contributed by atoms with Crippen molar-refractivity contribution in [2.24, 2.45) is 4.99 Å². The fourth-order valence-corrected chi connectivity index (χ4v) is 2.77. The predicted molar refractivity (Wildman–Crippen MR) is 74.8 cm³/mol. The Kier molecular flexibility index (Phi) is 2.70. The number of rotatable bonds is 2. The number of aliphatic imine (C=N–C) groups is 1. The highest BCUT2D eigenvalue weighted by atomic mass is 32.1. The average Bonchev–Trinajstić information content (AvgIpc) is 2.77. The molecule has 1 atom stereocenters. The van der Waals surface area contributed by atoms with Gasteiger partial charge in [0, 0.05) is 18.3 Å².